The van der Waals surface area contributed by atoms with Gasteiger partial charge in [-0.1, -0.05) is 164 Å². The lowest BCUT2D eigenvalue weighted by molar-refractivity contribution is 1.02. The van der Waals surface area contributed by atoms with Gasteiger partial charge in [0.25, 0.3) is 0 Å². The number of rotatable bonds is 5. The summed E-state index contributed by atoms with van der Waals surface area (Å²) >= 11 is 0. The van der Waals surface area contributed by atoms with E-state index < -0.39 is 0 Å². The molecule has 16 aromatic rings. The van der Waals surface area contributed by atoms with Gasteiger partial charge in [-0.05, 0) is 72.8 Å². The van der Waals surface area contributed by atoms with Crippen LogP contribution in [0.5, 0.6) is 0 Å². The monoisotopic (exact) mass is 953 g/mol. The number of nitrogens with zero attached hydrogens (tertiary/aromatic N) is 7. The summed E-state index contributed by atoms with van der Waals surface area (Å²) in [5.41, 5.74) is 13.9. The van der Waals surface area contributed by atoms with E-state index in [1.807, 2.05) is 6.07 Å². The molecule has 346 valence electrons. The first-order chi connectivity index (χ1) is 37.2. The Morgan fingerprint density at radius 1 is 0.213 bits per heavy atom. The molecule has 0 atom stereocenters. The number of benzene rings is 11. The van der Waals surface area contributed by atoms with E-state index in [0.717, 1.165) is 120 Å². The topological polar surface area (TPSA) is 72.2 Å². The highest BCUT2D eigenvalue weighted by Gasteiger charge is 2.34. The second kappa shape index (κ2) is 15.5. The van der Waals surface area contributed by atoms with E-state index >= 15 is 0 Å². The largest absolute Gasteiger partial charge is 0.309 e. The molecule has 0 aliphatic rings. The third-order valence-electron chi connectivity index (χ3n) is 15.7. The van der Waals surface area contributed by atoms with Crippen LogP contribution in [0, 0.1) is 22.7 Å². The highest BCUT2D eigenvalue weighted by Crippen LogP contribution is 2.49. The molecule has 0 aliphatic heterocycles. The fourth-order valence-electron chi connectivity index (χ4n) is 12.8. The molecule has 75 heavy (non-hydrogen) atoms. The lowest BCUT2D eigenvalue weighted by Gasteiger charge is -2.27. The molecule has 0 saturated carbocycles. The van der Waals surface area contributed by atoms with Crippen LogP contribution in [0.4, 0.5) is 0 Å². The maximum atomic E-state index is 12.6. The van der Waals surface area contributed by atoms with Crippen LogP contribution in [0.2, 0.25) is 0 Å². The lowest BCUT2D eigenvalue weighted by atomic mass is 9.98. The maximum absolute atomic E-state index is 12.6. The van der Waals surface area contributed by atoms with Gasteiger partial charge in [0.05, 0.1) is 77.9 Å². The number of fused-ring (bicyclic) bond motifs is 15. The molecule has 0 amide bonds. The van der Waals surface area contributed by atoms with Crippen LogP contribution in [-0.4, -0.2) is 22.8 Å². The van der Waals surface area contributed by atoms with E-state index in [9.17, 15) is 10.5 Å². The smallest absolute Gasteiger partial charge is 0.104 e. The number of hydrogen-bond donors (Lipinski definition) is 0. The van der Waals surface area contributed by atoms with Crippen molar-refractivity contribution in [2.24, 2.45) is 0 Å². The Kier molecular flexibility index (Phi) is 8.46. The molecule has 0 aliphatic carbocycles. The fraction of sp³-hybridized carbons (Fsp3) is 0. The number of para-hydroxylation sites is 9. The minimum atomic E-state index is 0.366. The van der Waals surface area contributed by atoms with E-state index in [1.54, 1.807) is 0 Å². The maximum Gasteiger partial charge on any atom is 0.104 e. The molecule has 5 heterocycles. The molecule has 5 aromatic heterocycles. The van der Waals surface area contributed by atoms with Gasteiger partial charge in [0, 0.05) is 59.5 Å². The number of aromatic nitrogens is 5. The van der Waals surface area contributed by atoms with Gasteiger partial charge in [-0.25, -0.2) is 0 Å². The van der Waals surface area contributed by atoms with E-state index in [2.05, 4.69) is 265 Å². The Balaban J connectivity index is 1.21. The van der Waals surface area contributed by atoms with Gasteiger partial charge in [0.2, 0.25) is 0 Å². The minimum absolute atomic E-state index is 0.366. The number of nitriles is 2. The van der Waals surface area contributed by atoms with Crippen molar-refractivity contribution in [2.45, 2.75) is 0 Å². The van der Waals surface area contributed by atoms with Crippen molar-refractivity contribution in [2.75, 3.05) is 0 Å². The molecule has 0 bridgehead atoms. The zero-order chi connectivity index (χ0) is 49.5. The Hall–Kier alpha value is -10.6. The zero-order valence-corrected chi connectivity index (χ0v) is 40.1. The number of hydrogen-bond acceptors (Lipinski definition) is 2. The van der Waals surface area contributed by atoms with Crippen molar-refractivity contribution >= 4 is 109 Å². The van der Waals surface area contributed by atoms with Crippen LogP contribution in [-0.2, 0) is 0 Å². The second-order valence-electron chi connectivity index (χ2n) is 19.4. The quantitative estimate of drug-likeness (QED) is 0.172. The molecule has 7 heteroatoms. The predicted molar refractivity (Wildman–Crippen MR) is 308 cm³/mol. The van der Waals surface area contributed by atoms with E-state index in [1.165, 1.54) is 0 Å². The molecule has 7 nitrogen and oxygen atoms in total. The van der Waals surface area contributed by atoms with Crippen LogP contribution in [0.1, 0.15) is 11.1 Å². The molecule has 0 radical (unpaired) electrons. The summed E-state index contributed by atoms with van der Waals surface area (Å²) in [6.45, 7) is 0. The van der Waals surface area contributed by atoms with Gasteiger partial charge >= 0.3 is 0 Å². The SMILES string of the molecule is N#Cc1c(-n2c3ccccc3c3cc4c5ccccc5n(-c5ccccc5)c4cc32)c(C#N)c(-n2c3ccccc3c3ccccc32)c(-n2c3ccccc3c3ccccc32)c1-n1c2ccccc2c2ccccc21. The highest BCUT2D eigenvalue weighted by molar-refractivity contribution is 6.20. The first-order valence-electron chi connectivity index (χ1n) is 25.2. The van der Waals surface area contributed by atoms with Gasteiger partial charge in [0.1, 0.15) is 23.3 Å². The van der Waals surface area contributed by atoms with Crippen LogP contribution in [0.25, 0.3) is 137 Å². The van der Waals surface area contributed by atoms with E-state index in [4.69, 9.17) is 0 Å². The Morgan fingerprint density at radius 2 is 0.467 bits per heavy atom. The summed E-state index contributed by atoms with van der Waals surface area (Å²) in [5.74, 6) is 0. The summed E-state index contributed by atoms with van der Waals surface area (Å²) in [6.07, 6.45) is 0. The average Bonchev–Trinajstić information content (AvgIpc) is 4.31. The van der Waals surface area contributed by atoms with Gasteiger partial charge in [-0.2, -0.15) is 10.5 Å². The normalized spacial score (nSPS) is 12.0. The molecule has 0 N–H and O–H groups in total. The van der Waals surface area contributed by atoms with Crippen molar-refractivity contribution in [3.8, 4) is 40.6 Å². The van der Waals surface area contributed by atoms with Crippen LogP contribution < -0.4 is 0 Å². The summed E-state index contributed by atoms with van der Waals surface area (Å²) in [7, 11) is 0. The predicted octanol–water partition coefficient (Wildman–Crippen LogP) is 16.9. The summed E-state index contributed by atoms with van der Waals surface area (Å²) in [6, 6.07) is 88.9. The first-order valence-corrected chi connectivity index (χ1v) is 25.2. The van der Waals surface area contributed by atoms with Crippen molar-refractivity contribution in [1.82, 2.24) is 22.8 Å². The second-order valence-corrected chi connectivity index (χ2v) is 19.4. The third kappa shape index (κ3) is 5.45. The molecule has 0 saturated heterocycles. The van der Waals surface area contributed by atoms with Gasteiger partial charge in [0.15, 0.2) is 0 Å². The molecule has 0 fully saturated rings. The molecule has 16 rings (SSSR count). The third-order valence-corrected chi connectivity index (χ3v) is 15.7. The lowest BCUT2D eigenvalue weighted by Crippen LogP contribution is -2.16. The van der Waals surface area contributed by atoms with Crippen LogP contribution in [0.3, 0.4) is 0 Å². The van der Waals surface area contributed by atoms with Gasteiger partial charge in [-0.3, -0.25) is 0 Å². The average molecular weight is 954 g/mol. The standard InChI is InChI=1S/C68H39N7/c69-40-53-65(75-62-37-19-11-29-50(62)52-38-51-49-28-10-12-30-55(49)71(63(51)39-64(52)75)42-20-2-1-3-21-42)54(41-70)67(73-58-33-15-6-24-45(58)46-25-7-16-34-59(46)73)68(74-60-35-17-8-26-47(60)48-27-9-18-36-61(48)74)66(53)72-56-31-13-4-22-43(56)44-23-5-14-32-57(44)72/h1-39H. The van der Waals surface area contributed by atoms with Crippen molar-refractivity contribution in [3.05, 3.63) is 248 Å². The highest BCUT2D eigenvalue weighted by atomic mass is 15.1. The fourth-order valence-corrected chi connectivity index (χ4v) is 12.8. The molecule has 0 unspecified atom stereocenters. The molecular weight excluding hydrogens is 915 g/mol. The van der Waals surface area contributed by atoms with E-state index in [-0.39, 0.29) is 0 Å². The van der Waals surface area contributed by atoms with Gasteiger partial charge < -0.3 is 22.8 Å². The summed E-state index contributed by atoms with van der Waals surface area (Å²) in [5, 5.41) is 35.8. The Bertz CT molecular complexity index is 4900. The molecule has 0 spiro atoms. The first kappa shape index (κ1) is 41.1. The van der Waals surface area contributed by atoms with Crippen LogP contribution >= 0.6 is 0 Å². The minimum Gasteiger partial charge on any atom is -0.309 e. The van der Waals surface area contributed by atoms with Crippen LogP contribution in [0.15, 0.2) is 237 Å². The molecular formula is C68H39N7. The van der Waals surface area contributed by atoms with Crippen molar-refractivity contribution < 1.29 is 0 Å². The Labute approximate surface area is 428 Å². The van der Waals surface area contributed by atoms with E-state index in [0.29, 0.717) is 28.2 Å². The van der Waals surface area contributed by atoms with Gasteiger partial charge in [-0.15, -0.1) is 0 Å². The van der Waals surface area contributed by atoms with Crippen molar-refractivity contribution in [3.63, 3.8) is 0 Å². The zero-order valence-electron chi connectivity index (χ0n) is 40.1. The summed E-state index contributed by atoms with van der Waals surface area (Å²) < 4.78 is 11.5. The molecule has 11 aromatic carbocycles. The van der Waals surface area contributed by atoms with Crippen molar-refractivity contribution in [1.29, 1.82) is 10.5 Å². The Morgan fingerprint density at radius 3 is 0.800 bits per heavy atom. The summed E-state index contributed by atoms with van der Waals surface area (Å²) in [4.78, 5) is 0.